The summed E-state index contributed by atoms with van der Waals surface area (Å²) in [6.45, 7) is 2.88. The normalized spacial score (nSPS) is 16.0. The summed E-state index contributed by atoms with van der Waals surface area (Å²) in [5, 5.41) is 17.6. The van der Waals surface area contributed by atoms with Gasteiger partial charge in [0.1, 0.15) is 5.82 Å². The van der Waals surface area contributed by atoms with E-state index in [1.165, 1.54) is 21.9 Å². The standard InChI is InChI=1S/C23H20FN5O2S2/c24-15-5-1-2-6-16(15)27-9-11-28(12-10-27)19(18-8-4-14-32-18)20-22(30)29-23(33-20)25-21(26-29)17-7-3-13-31-17/h1-8,13-14,19,30H,9-12H2. The summed E-state index contributed by atoms with van der Waals surface area (Å²) >= 11 is 3.09. The number of halogens is 1. The lowest BCUT2D eigenvalue weighted by molar-refractivity contribution is 0.213. The number of hydrogen-bond donors (Lipinski definition) is 1. The molecule has 1 unspecified atom stereocenters. The van der Waals surface area contributed by atoms with Gasteiger partial charge in [0, 0.05) is 31.1 Å². The maximum absolute atomic E-state index is 14.3. The number of nitrogens with zero attached hydrogens (tertiary/aromatic N) is 5. The maximum Gasteiger partial charge on any atom is 0.230 e. The lowest BCUT2D eigenvalue weighted by Gasteiger charge is -2.39. The summed E-state index contributed by atoms with van der Waals surface area (Å²) in [5.41, 5.74) is 0.636. The Morgan fingerprint density at radius 1 is 1.03 bits per heavy atom. The number of piperazine rings is 1. The molecule has 1 atom stereocenters. The smallest absolute Gasteiger partial charge is 0.230 e. The molecule has 0 spiro atoms. The number of aromatic hydroxyl groups is 1. The van der Waals surface area contributed by atoms with Gasteiger partial charge < -0.3 is 14.4 Å². The molecule has 5 aromatic rings. The van der Waals surface area contributed by atoms with Gasteiger partial charge >= 0.3 is 0 Å². The first kappa shape index (κ1) is 20.4. The van der Waals surface area contributed by atoms with Gasteiger partial charge in [-0.3, -0.25) is 4.90 Å². The molecule has 1 N–H and O–H groups in total. The van der Waals surface area contributed by atoms with Crippen molar-refractivity contribution < 1.29 is 13.9 Å². The fraction of sp³-hybridized carbons (Fsp3) is 0.217. The minimum atomic E-state index is -0.198. The van der Waals surface area contributed by atoms with E-state index in [0.717, 1.165) is 22.8 Å². The van der Waals surface area contributed by atoms with E-state index in [2.05, 4.69) is 25.9 Å². The van der Waals surface area contributed by atoms with Gasteiger partial charge in [-0.2, -0.15) is 9.50 Å². The molecule has 1 fully saturated rings. The summed E-state index contributed by atoms with van der Waals surface area (Å²) in [7, 11) is 0. The third-order valence-electron chi connectivity index (χ3n) is 5.87. The first-order valence-electron chi connectivity index (χ1n) is 10.6. The second-order valence-electron chi connectivity index (χ2n) is 7.79. The van der Waals surface area contributed by atoms with Crippen molar-refractivity contribution in [1.29, 1.82) is 0 Å². The Bertz CT molecular complexity index is 1370. The topological polar surface area (TPSA) is 70.0 Å². The number of fused-ring (bicyclic) bond motifs is 1. The summed E-state index contributed by atoms with van der Waals surface area (Å²) in [6, 6.07) is 14.5. The molecule has 5 heterocycles. The predicted octanol–water partition coefficient (Wildman–Crippen LogP) is 4.87. The molecule has 4 aromatic heterocycles. The van der Waals surface area contributed by atoms with E-state index in [-0.39, 0.29) is 17.7 Å². The Morgan fingerprint density at radius 2 is 1.88 bits per heavy atom. The van der Waals surface area contributed by atoms with Crippen LogP contribution in [0, 0.1) is 5.82 Å². The Kier molecular flexibility index (Phi) is 5.12. The zero-order valence-corrected chi connectivity index (χ0v) is 19.1. The lowest BCUT2D eigenvalue weighted by Crippen LogP contribution is -2.48. The van der Waals surface area contributed by atoms with Gasteiger partial charge in [-0.1, -0.05) is 29.5 Å². The van der Waals surface area contributed by atoms with E-state index in [4.69, 9.17) is 4.42 Å². The third kappa shape index (κ3) is 3.60. The van der Waals surface area contributed by atoms with Crippen molar-refractivity contribution >= 4 is 33.3 Å². The van der Waals surface area contributed by atoms with Crippen LogP contribution in [0.2, 0.25) is 0 Å². The monoisotopic (exact) mass is 481 g/mol. The van der Waals surface area contributed by atoms with Crippen LogP contribution in [0.5, 0.6) is 5.88 Å². The fourth-order valence-corrected chi connectivity index (χ4v) is 6.34. The van der Waals surface area contributed by atoms with Crippen LogP contribution in [-0.2, 0) is 0 Å². The van der Waals surface area contributed by atoms with E-state index >= 15 is 0 Å². The number of hydrogen-bond acceptors (Lipinski definition) is 8. The highest BCUT2D eigenvalue weighted by Gasteiger charge is 2.33. The lowest BCUT2D eigenvalue weighted by atomic mass is 10.1. The Labute approximate surface area is 197 Å². The first-order valence-corrected chi connectivity index (χ1v) is 12.3. The minimum absolute atomic E-state index is 0.0928. The van der Waals surface area contributed by atoms with E-state index in [1.807, 2.05) is 23.6 Å². The maximum atomic E-state index is 14.3. The van der Waals surface area contributed by atoms with E-state index in [1.54, 1.807) is 35.8 Å². The van der Waals surface area contributed by atoms with E-state index in [9.17, 15) is 9.50 Å². The van der Waals surface area contributed by atoms with Crippen LogP contribution in [0.15, 0.2) is 64.6 Å². The van der Waals surface area contributed by atoms with Crippen molar-refractivity contribution in [3.63, 3.8) is 0 Å². The molecule has 1 saturated heterocycles. The molecule has 1 aromatic carbocycles. The van der Waals surface area contributed by atoms with Crippen LogP contribution >= 0.6 is 22.7 Å². The summed E-state index contributed by atoms with van der Waals surface area (Å²) in [4.78, 5) is 11.5. The van der Waals surface area contributed by atoms with Gasteiger partial charge in [0.15, 0.2) is 5.76 Å². The molecule has 1 aliphatic heterocycles. The summed E-state index contributed by atoms with van der Waals surface area (Å²) < 4.78 is 21.2. The quantitative estimate of drug-likeness (QED) is 0.386. The number of aromatic nitrogens is 3. The van der Waals surface area contributed by atoms with Gasteiger partial charge in [0.25, 0.3) is 0 Å². The van der Waals surface area contributed by atoms with Crippen LogP contribution in [0.4, 0.5) is 10.1 Å². The highest BCUT2D eigenvalue weighted by Crippen LogP contribution is 2.42. The number of thiazole rings is 1. The van der Waals surface area contributed by atoms with Crippen molar-refractivity contribution in [1.82, 2.24) is 19.5 Å². The number of benzene rings is 1. The molecule has 1 aliphatic rings. The van der Waals surface area contributed by atoms with Crippen molar-refractivity contribution in [2.75, 3.05) is 31.1 Å². The largest absolute Gasteiger partial charge is 0.492 e. The zero-order chi connectivity index (χ0) is 22.4. The summed E-state index contributed by atoms with van der Waals surface area (Å²) in [6.07, 6.45) is 1.57. The van der Waals surface area contributed by atoms with E-state index < -0.39 is 0 Å². The molecule has 168 valence electrons. The number of rotatable bonds is 5. The van der Waals surface area contributed by atoms with Crippen LogP contribution in [0.3, 0.4) is 0 Å². The number of furan rings is 1. The van der Waals surface area contributed by atoms with Crippen LogP contribution in [-0.4, -0.2) is 50.8 Å². The third-order valence-corrected chi connectivity index (χ3v) is 7.87. The van der Waals surface area contributed by atoms with Gasteiger partial charge in [0.05, 0.1) is 22.9 Å². The van der Waals surface area contributed by atoms with Crippen LogP contribution in [0.25, 0.3) is 16.5 Å². The van der Waals surface area contributed by atoms with Crippen molar-refractivity contribution in [3.8, 4) is 17.5 Å². The van der Waals surface area contributed by atoms with Crippen LogP contribution < -0.4 is 4.90 Å². The SMILES string of the molecule is Oc1c(C(c2cccs2)N2CCN(c3ccccc3F)CC2)sc2nc(-c3ccco3)nn12. The molecule has 10 heteroatoms. The zero-order valence-electron chi connectivity index (χ0n) is 17.5. The Morgan fingerprint density at radius 3 is 2.58 bits per heavy atom. The molecule has 0 radical (unpaired) electrons. The molecular weight excluding hydrogens is 461 g/mol. The van der Waals surface area contributed by atoms with Crippen molar-refractivity contribution in [2.45, 2.75) is 6.04 Å². The predicted molar refractivity (Wildman–Crippen MR) is 127 cm³/mol. The first-order chi connectivity index (χ1) is 16.2. The second kappa shape index (κ2) is 8.29. The number of anilines is 1. The molecule has 7 nitrogen and oxygen atoms in total. The molecule has 0 amide bonds. The van der Waals surface area contributed by atoms with Gasteiger partial charge in [-0.25, -0.2) is 4.39 Å². The van der Waals surface area contributed by atoms with Gasteiger partial charge in [-0.05, 0) is 35.7 Å². The van der Waals surface area contributed by atoms with Crippen molar-refractivity contribution in [3.05, 3.63) is 75.7 Å². The molecule has 0 saturated carbocycles. The summed E-state index contributed by atoms with van der Waals surface area (Å²) in [5.74, 6) is 0.900. The fourth-order valence-electron chi connectivity index (χ4n) is 4.29. The molecule has 0 aliphatic carbocycles. The Balaban J connectivity index is 1.31. The second-order valence-corrected chi connectivity index (χ2v) is 9.78. The highest BCUT2D eigenvalue weighted by molar-refractivity contribution is 7.17. The number of para-hydroxylation sites is 1. The van der Waals surface area contributed by atoms with Crippen molar-refractivity contribution in [2.24, 2.45) is 0 Å². The molecule has 33 heavy (non-hydrogen) atoms. The van der Waals surface area contributed by atoms with Gasteiger partial charge in [-0.15, -0.1) is 16.4 Å². The number of thiophene rings is 1. The van der Waals surface area contributed by atoms with Gasteiger partial charge in [0.2, 0.25) is 16.7 Å². The molecule has 6 rings (SSSR count). The molecular formula is C23H20FN5O2S2. The Hall–Kier alpha value is -3.21. The minimum Gasteiger partial charge on any atom is -0.492 e. The van der Waals surface area contributed by atoms with E-state index in [0.29, 0.717) is 35.3 Å². The molecule has 0 bridgehead atoms. The highest BCUT2D eigenvalue weighted by atomic mass is 32.1. The average Bonchev–Trinajstić information content (AvgIpc) is 3.63. The average molecular weight is 482 g/mol. The van der Waals surface area contributed by atoms with Crippen LogP contribution in [0.1, 0.15) is 15.8 Å².